The molecule has 0 bridgehead atoms. The van der Waals surface area contributed by atoms with Crippen LogP contribution in [-0.2, 0) is 0 Å². The van der Waals surface area contributed by atoms with Gasteiger partial charge < -0.3 is 5.32 Å². The number of rotatable bonds is 2. The maximum atomic E-state index is 11.4. The molecule has 0 atom stereocenters. The van der Waals surface area contributed by atoms with Gasteiger partial charge >= 0.3 is 0 Å². The molecule has 14 heavy (non-hydrogen) atoms. The summed E-state index contributed by atoms with van der Waals surface area (Å²) in [5.41, 5.74) is 0.173. The fourth-order valence-electron chi connectivity index (χ4n) is 1.02. The quantitative estimate of drug-likeness (QED) is 0.552. The number of aromatic nitrogens is 4. The Morgan fingerprint density at radius 3 is 3.00 bits per heavy atom. The van der Waals surface area contributed by atoms with Crippen LogP contribution in [0.15, 0.2) is 17.2 Å². The van der Waals surface area contributed by atoms with Crippen LogP contribution in [0.25, 0.3) is 11.2 Å². The highest BCUT2D eigenvalue weighted by atomic mass is 35.5. The summed E-state index contributed by atoms with van der Waals surface area (Å²) in [6, 6.07) is 0.161. The van der Waals surface area contributed by atoms with Gasteiger partial charge in [-0.2, -0.15) is 4.98 Å². The van der Waals surface area contributed by atoms with E-state index in [9.17, 15) is 4.79 Å². The zero-order chi connectivity index (χ0) is 9.97. The summed E-state index contributed by atoms with van der Waals surface area (Å²) in [6.07, 6.45) is 2.91. The fraction of sp³-hybridized carbons (Fsp3) is 0.143. The molecule has 2 rings (SSSR count). The van der Waals surface area contributed by atoms with Crippen molar-refractivity contribution >= 4 is 28.7 Å². The molecule has 0 amide bonds. The van der Waals surface area contributed by atoms with E-state index >= 15 is 0 Å². The molecule has 6 nitrogen and oxygen atoms in total. The molecule has 7 heteroatoms. The third kappa shape index (κ3) is 1.51. The van der Waals surface area contributed by atoms with Gasteiger partial charge in [-0.15, -0.1) is 11.6 Å². The molecule has 0 saturated heterocycles. The summed E-state index contributed by atoms with van der Waals surface area (Å²) in [7, 11) is 0. The van der Waals surface area contributed by atoms with Crippen LogP contribution in [-0.4, -0.2) is 25.9 Å². The summed E-state index contributed by atoms with van der Waals surface area (Å²) >= 11 is 5.43. The normalized spacial score (nSPS) is 10.4. The standard InChI is InChI=1S/C7H6ClN5O/c8-3-11-7-12-5-4(6(14)13-7)9-1-2-10-5/h1-2H,3H2,(H2,10,11,12,13,14). The minimum Gasteiger partial charge on any atom is -0.342 e. The number of halogens is 1. The maximum Gasteiger partial charge on any atom is 0.280 e. The van der Waals surface area contributed by atoms with Crippen molar-refractivity contribution in [3.8, 4) is 0 Å². The molecule has 2 heterocycles. The van der Waals surface area contributed by atoms with Gasteiger partial charge in [0.15, 0.2) is 11.2 Å². The third-order valence-corrected chi connectivity index (χ3v) is 1.71. The van der Waals surface area contributed by atoms with Gasteiger partial charge in [-0.25, -0.2) is 9.97 Å². The summed E-state index contributed by atoms with van der Waals surface area (Å²) in [5, 5.41) is 2.67. The second kappa shape index (κ2) is 3.59. The van der Waals surface area contributed by atoms with Gasteiger partial charge in [-0.1, -0.05) is 0 Å². The zero-order valence-corrected chi connectivity index (χ0v) is 7.75. The molecular formula is C7H6ClN5O. The van der Waals surface area contributed by atoms with Crippen molar-refractivity contribution in [3.63, 3.8) is 0 Å². The van der Waals surface area contributed by atoms with Crippen molar-refractivity contribution in [3.05, 3.63) is 22.7 Å². The van der Waals surface area contributed by atoms with Gasteiger partial charge in [0.25, 0.3) is 5.56 Å². The number of hydrogen-bond donors (Lipinski definition) is 2. The number of H-pyrrole nitrogens is 1. The predicted molar refractivity (Wildman–Crippen MR) is 52.3 cm³/mol. The largest absolute Gasteiger partial charge is 0.342 e. The SMILES string of the molecule is O=c1[nH]c(NCCl)nc2nccnc12. The van der Waals surface area contributed by atoms with Crippen LogP contribution in [0.5, 0.6) is 0 Å². The molecule has 0 fully saturated rings. The Labute approximate surface area is 83.4 Å². The number of nitrogens with zero attached hydrogens (tertiary/aromatic N) is 3. The van der Waals surface area contributed by atoms with E-state index in [1.165, 1.54) is 12.4 Å². The molecule has 0 unspecified atom stereocenters. The highest BCUT2D eigenvalue weighted by Gasteiger charge is 2.03. The van der Waals surface area contributed by atoms with E-state index in [0.29, 0.717) is 5.65 Å². The van der Waals surface area contributed by atoms with Crippen LogP contribution >= 0.6 is 11.6 Å². The van der Waals surface area contributed by atoms with Crippen molar-refractivity contribution in [2.24, 2.45) is 0 Å². The highest BCUT2D eigenvalue weighted by molar-refractivity contribution is 6.18. The predicted octanol–water partition coefficient (Wildman–Crippen LogP) is 0.321. The van der Waals surface area contributed by atoms with Crippen LogP contribution in [0, 0.1) is 0 Å². The number of nitrogens with one attached hydrogen (secondary N) is 2. The van der Waals surface area contributed by atoms with Crippen molar-refractivity contribution < 1.29 is 0 Å². The summed E-state index contributed by atoms with van der Waals surface area (Å²) in [6.45, 7) is 0. The lowest BCUT2D eigenvalue weighted by Crippen LogP contribution is -2.14. The first-order chi connectivity index (χ1) is 6.81. The average molecular weight is 212 g/mol. The van der Waals surface area contributed by atoms with Crippen LogP contribution in [0.2, 0.25) is 0 Å². The molecule has 2 aromatic rings. The Morgan fingerprint density at radius 2 is 2.21 bits per heavy atom. The van der Waals surface area contributed by atoms with Crippen molar-refractivity contribution in [1.29, 1.82) is 0 Å². The van der Waals surface area contributed by atoms with Crippen molar-refractivity contribution in [2.45, 2.75) is 0 Å². The average Bonchev–Trinajstić information content (AvgIpc) is 2.18. The first-order valence-corrected chi connectivity index (χ1v) is 4.35. The second-order valence-electron chi connectivity index (χ2n) is 2.45. The topological polar surface area (TPSA) is 83.6 Å². The monoisotopic (exact) mass is 211 g/mol. The summed E-state index contributed by atoms with van der Waals surface area (Å²) < 4.78 is 0. The number of fused-ring (bicyclic) bond motifs is 1. The Kier molecular flexibility index (Phi) is 2.28. The van der Waals surface area contributed by atoms with Gasteiger partial charge in [0.05, 0.1) is 6.00 Å². The number of anilines is 1. The summed E-state index contributed by atoms with van der Waals surface area (Å²) in [5.74, 6) is 0.290. The van der Waals surface area contributed by atoms with E-state index in [1.54, 1.807) is 0 Å². The molecule has 0 aromatic carbocycles. The van der Waals surface area contributed by atoms with Gasteiger partial charge in [0.2, 0.25) is 5.95 Å². The fourth-order valence-corrected chi connectivity index (χ4v) is 1.15. The van der Waals surface area contributed by atoms with E-state index in [-0.39, 0.29) is 23.0 Å². The summed E-state index contributed by atoms with van der Waals surface area (Å²) in [4.78, 5) is 25.6. The second-order valence-corrected chi connectivity index (χ2v) is 2.72. The minimum atomic E-state index is -0.337. The lowest BCUT2D eigenvalue weighted by atomic mass is 10.5. The smallest absolute Gasteiger partial charge is 0.280 e. The Balaban J connectivity index is 2.66. The molecule has 0 aliphatic rings. The van der Waals surface area contributed by atoms with E-state index in [2.05, 4.69) is 25.3 Å². The number of aromatic amines is 1. The molecule has 0 aliphatic carbocycles. The lowest BCUT2D eigenvalue weighted by molar-refractivity contribution is 1.10. The molecular weight excluding hydrogens is 206 g/mol. The van der Waals surface area contributed by atoms with Crippen molar-refractivity contribution in [1.82, 2.24) is 19.9 Å². The van der Waals surface area contributed by atoms with E-state index in [0.717, 1.165) is 0 Å². The molecule has 2 aromatic heterocycles. The molecule has 0 saturated carbocycles. The first kappa shape index (κ1) is 8.89. The zero-order valence-electron chi connectivity index (χ0n) is 6.99. The highest BCUT2D eigenvalue weighted by Crippen LogP contribution is 2.01. The van der Waals surface area contributed by atoms with Gasteiger partial charge in [-0.05, 0) is 0 Å². The van der Waals surface area contributed by atoms with Crippen molar-refractivity contribution in [2.75, 3.05) is 11.3 Å². The van der Waals surface area contributed by atoms with Gasteiger partial charge in [0.1, 0.15) is 0 Å². The Morgan fingerprint density at radius 1 is 1.43 bits per heavy atom. The number of hydrogen-bond acceptors (Lipinski definition) is 5. The Hall–Kier alpha value is -1.69. The van der Waals surface area contributed by atoms with Gasteiger partial charge in [0, 0.05) is 12.4 Å². The van der Waals surface area contributed by atoms with E-state index in [1.807, 2.05) is 0 Å². The van der Waals surface area contributed by atoms with Crippen LogP contribution in [0.4, 0.5) is 5.95 Å². The molecule has 0 spiro atoms. The molecule has 0 aliphatic heterocycles. The molecule has 2 N–H and O–H groups in total. The lowest BCUT2D eigenvalue weighted by Gasteiger charge is -2.00. The first-order valence-electron chi connectivity index (χ1n) is 3.82. The van der Waals surface area contributed by atoms with Crippen LogP contribution in [0.3, 0.4) is 0 Å². The van der Waals surface area contributed by atoms with E-state index in [4.69, 9.17) is 11.6 Å². The molecule has 72 valence electrons. The maximum absolute atomic E-state index is 11.4. The third-order valence-electron chi connectivity index (χ3n) is 1.58. The minimum absolute atomic E-state index is 0.161. The molecule has 0 radical (unpaired) electrons. The van der Waals surface area contributed by atoms with E-state index < -0.39 is 0 Å². The Bertz CT molecular complexity index is 511. The van der Waals surface area contributed by atoms with Gasteiger partial charge in [-0.3, -0.25) is 9.78 Å². The van der Waals surface area contributed by atoms with Crippen LogP contribution in [0.1, 0.15) is 0 Å². The number of alkyl halides is 1. The van der Waals surface area contributed by atoms with Crippen LogP contribution < -0.4 is 10.9 Å².